The van der Waals surface area contributed by atoms with Crippen LogP contribution in [-0.4, -0.2) is 41.3 Å². The number of anilines is 2. The van der Waals surface area contributed by atoms with Crippen LogP contribution >= 0.6 is 15.9 Å². The Morgan fingerprint density at radius 2 is 1.71 bits per heavy atom. The van der Waals surface area contributed by atoms with Crippen LogP contribution < -0.4 is 10.6 Å². The van der Waals surface area contributed by atoms with Crippen LogP contribution in [-0.2, 0) is 15.8 Å². The molecule has 0 aliphatic rings. The van der Waals surface area contributed by atoms with Gasteiger partial charge in [-0.15, -0.1) is 0 Å². The summed E-state index contributed by atoms with van der Waals surface area (Å²) in [5.74, 6) is -0.680. The number of rotatable bonds is 7. The molecule has 150 valence electrons. The third-order valence-electron chi connectivity index (χ3n) is 3.68. The number of halogens is 4. The topological polar surface area (TPSA) is 74.3 Å². The molecule has 0 radical (unpaired) electrons. The quantitative estimate of drug-likeness (QED) is 0.662. The third kappa shape index (κ3) is 6.61. The predicted octanol–water partition coefficient (Wildman–Crippen LogP) is 3.76. The van der Waals surface area contributed by atoms with Crippen LogP contribution in [0.25, 0.3) is 0 Å². The first kappa shape index (κ1) is 21.8. The van der Waals surface area contributed by atoms with E-state index in [-0.39, 0.29) is 24.7 Å². The molecule has 0 fully saturated rings. The summed E-state index contributed by atoms with van der Waals surface area (Å²) in [5, 5.41) is 4.85. The van der Waals surface area contributed by atoms with Gasteiger partial charge in [-0.2, -0.15) is 13.2 Å². The molecule has 0 bridgehead atoms. The van der Waals surface area contributed by atoms with Gasteiger partial charge in [-0.25, -0.2) is 4.98 Å². The van der Waals surface area contributed by atoms with Gasteiger partial charge in [0.1, 0.15) is 5.82 Å². The Labute approximate surface area is 168 Å². The van der Waals surface area contributed by atoms with Crippen molar-refractivity contribution in [1.82, 2.24) is 9.88 Å². The van der Waals surface area contributed by atoms with E-state index < -0.39 is 17.6 Å². The minimum atomic E-state index is -4.58. The number of carbonyl (C=O) groups is 2. The summed E-state index contributed by atoms with van der Waals surface area (Å²) in [6.45, 7) is 1.75. The van der Waals surface area contributed by atoms with Gasteiger partial charge in [0, 0.05) is 10.7 Å². The zero-order valence-electron chi connectivity index (χ0n) is 14.9. The van der Waals surface area contributed by atoms with Crippen LogP contribution in [0.4, 0.5) is 24.7 Å². The number of aromatic nitrogens is 1. The van der Waals surface area contributed by atoms with Gasteiger partial charge in [-0.3, -0.25) is 14.5 Å². The number of alkyl halides is 3. The molecule has 28 heavy (non-hydrogen) atoms. The molecule has 0 atom stereocenters. The molecule has 1 heterocycles. The summed E-state index contributed by atoms with van der Waals surface area (Å²) in [7, 11) is 0. The number of hydrogen-bond acceptors (Lipinski definition) is 4. The molecule has 0 saturated carbocycles. The summed E-state index contributed by atoms with van der Waals surface area (Å²) in [4.78, 5) is 29.8. The van der Waals surface area contributed by atoms with Crippen LogP contribution in [0.15, 0.2) is 47.1 Å². The van der Waals surface area contributed by atoms with Crippen molar-refractivity contribution in [2.24, 2.45) is 0 Å². The van der Waals surface area contributed by atoms with E-state index in [1.807, 2.05) is 0 Å². The molecule has 0 spiro atoms. The van der Waals surface area contributed by atoms with E-state index in [0.29, 0.717) is 12.4 Å². The lowest BCUT2D eigenvalue weighted by Gasteiger charge is -2.20. The van der Waals surface area contributed by atoms with Gasteiger partial charge in [0.2, 0.25) is 11.8 Å². The van der Waals surface area contributed by atoms with Gasteiger partial charge in [0.15, 0.2) is 0 Å². The number of para-hydroxylation sites is 1. The summed E-state index contributed by atoms with van der Waals surface area (Å²) >= 11 is 3.24. The molecular formula is C18H18BrF3N4O2. The summed E-state index contributed by atoms with van der Waals surface area (Å²) < 4.78 is 39.8. The highest BCUT2D eigenvalue weighted by Crippen LogP contribution is 2.34. The van der Waals surface area contributed by atoms with Crippen LogP contribution in [0.2, 0.25) is 0 Å². The second-order valence-electron chi connectivity index (χ2n) is 5.80. The summed E-state index contributed by atoms with van der Waals surface area (Å²) in [6.07, 6.45) is -3.05. The lowest BCUT2D eigenvalue weighted by Crippen LogP contribution is -2.39. The van der Waals surface area contributed by atoms with Gasteiger partial charge in [-0.05, 0) is 46.7 Å². The van der Waals surface area contributed by atoms with E-state index >= 15 is 0 Å². The Kier molecular flexibility index (Phi) is 7.53. The van der Waals surface area contributed by atoms with E-state index in [1.54, 1.807) is 19.1 Å². The maximum atomic E-state index is 13.0. The van der Waals surface area contributed by atoms with Crippen LogP contribution in [0.5, 0.6) is 0 Å². The fourth-order valence-electron chi connectivity index (χ4n) is 2.35. The van der Waals surface area contributed by atoms with Gasteiger partial charge in [0.05, 0.1) is 24.3 Å². The van der Waals surface area contributed by atoms with Crippen molar-refractivity contribution in [3.63, 3.8) is 0 Å². The van der Waals surface area contributed by atoms with Crippen molar-refractivity contribution in [2.75, 3.05) is 30.3 Å². The second-order valence-corrected chi connectivity index (χ2v) is 6.72. The maximum absolute atomic E-state index is 13.0. The molecule has 1 aromatic heterocycles. The van der Waals surface area contributed by atoms with E-state index in [0.717, 1.165) is 10.5 Å². The molecule has 0 unspecified atom stereocenters. The van der Waals surface area contributed by atoms with Crippen molar-refractivity contribution in [1.29, 1.82) is 0 Å². The monoisotopic (exact) mass is 458 g/mol. The normalized spacial score (nSPS) is 11.4. The molecule has 2 aromatic rings. The first-order valence-electron chi connectivity index (χ1n) is 8.29. The Morgan fingerprint density at radius 1 is 1.07 bits per heavy atom. The van der Waals surface area contributed by atoms with Gasteiger partial charge in [0.25, 0.3) is 0 Å². The van der Waals surface area contributed by atoms with E-state index in [9.17, 15) is 22.8 Å². The average molecular weight is 459 g/mol. The molecule has 2 rings (SSSR count). The minimum absolute atomic E-state index is 0.109. The predicted molar refractivity (Wildman–Crippen MR) is 103 cm³/mol. The van der Waals surface area contributed by atoms with Crippen molar-refractivity contribution >= 4 is 39.2 Å². The lowest BCUT2D eigenvalue weighted by molar-refractivity contribution is -0.137. The molecule has 0 aliphatic heterocycles. The maximum Gasteiger partial charge on any atom is 0.418 e. The second kappa shape index (κ2) is 9.65. The summed E-state index contributed by atoms with van der Waals surface area (Å²) in [5.41, 5.74) is -1.25. The number of nitrogens with one attached hydrogen (secondary N) is 2. The van der Waals surface area contributed by atoms with Crippen molar-refractivity contribution in [2.45, 2.75) is 13.1 Å². The number of hydrogen-bond donors (Lipinski definition) is 2. The Hall–Kier alpha value is -2.46. The zero-order valence-corrected chi connectivity index (χ0v) is 16.5. The van der Waals surface area contributed by atoms with E-state index in [1.165, 1.54) is 29.3 Å². The van der Waals surface area contributed by atoms with Gasteiger partial charge < -0.3 is 10.6 Å². The van der Waals surface area contributed by atoms with Crippen molar-refractivity contribution in [3.05, 3.63) is 52.6 Å². The molecule has 0 aliphatic carbocycles. The number of nitrogens with zero attached hydrogens (tertiary/aromatic N) is 2. The van der Waals surface area contributed by atoms with Gasteiger partial charge >= 0.3 is 6.18 Å². The van der Waals surface area contributed by atoms with Crippen LogP contribution in [0, 0.1) is 0 Å². The first-order chi connectivity index (χ1) is 13.2. The molecule has 6 nitrogen and oxygen atoms in total. The van der Waals surface area contributed by atoms with E-state index in [2.05, 4.69) is 31.5 Å². The lowest BCUT2D eigenvalue weighted by atomic mass is 10.1. The van der Waals surface area contributed by atoms with Crippen LogP contribution in [0.1, 0.15) is 12.5 Å². The number of benzene rings is 1. The average Bonchev–Trinajstić information content (AvgIpc) is 2.62. The SMILES string of the molecule is CCN(CC(=O)Nc1ccc(Br)cn1)CC(=O)Nc1ccccc1C(F)(F)F. The zero-order chi connectivity index (χ0) is 20.7. The highest BCUT2D eigenvalue weighted by molar-refractivity contribution is 9.10. The first-order valence-corrected chi connectivity index (χ1v) is 9.08. The highest BCUT2D eigenvalue weighted by atomic mass is 79.9. The summed E-state index contributed by atoms with van der Waals surface area (Å²) in [6, 6.07) is 8.05. The number of pyridine rings is 1. The number of amides is 2. The Morgan fingerprint density at radius 3 is 2.29 bits per heavy atom. The highest BCUT2D eigenvalue weighted by Gasteiger charge is 2.33. The molecule has 1 aromatic carbocycles. The third-order valence-corrected chi connectivity index (χ3v) is 4.15. The number of carbonyl (C=O) groups excluding carboxylic acids is 2. The van der Waals surface area contributed by atoms with E-state index in [4.69, 9.17) is 0 Å². The minimum Gasteiger partial charge on any atom is -0.324 e. The molecular weight excluding hydrogens is 441 g/mol. The van der Waals surface area contributed by atoms with Crippen LogP contribution in [0.3, 0.4) is 0 Å². The molecule has 10 heteroatoms. The molecule has 0 saturated heterocycles. The largest absolute Gasteiger partial charge is 0.418 e. The smallest absolute Gasteiger partial charge is 0.324 e. The van der Waals surface area contributed by atoms with Crippen molar-refractivity contribution in [3.8, 4) is 0 Å². The Balaban J connectivity index is 1.94. The standard InChI is InChI=1S/C18H18BrF3N4O2/c1-2-26(11-17(28)25-15-8-7-12(19)9-23-15)10-16(27)24-14-6-4-3-5-13(14)18(20,21)22/h3-9H,2,10-11H2,1H3,(H,24,27)(H,23,25,28). The van der Waals surface area contributed by atoms with Gasteiger partial charge in [-0.1, -0.05) is 19.1 Å². The number of likely N-dealkylation sites (N-methyl/N-ethyl adjacent to an activating group) is 1. The fourth-order valence-corrected chi connectivity index (χ4v) is 2.58. The molecule has 2 N–H and O–H groups in total. The Bertz CT molecular complexity index is 828. The van der Waals surface area contributed by atoms with Crippen molar-refractivity contribution < 1.29 is 22.8 Å². The molecule has 2 amide bonds. The fraction of sp³-hybridized carbons (Fsp3) is 0.278.